The highest BCUT2D eigenvalue weighted by atomic mass is 35.5. The van der Waals surface area contributed by atoms with Crippen molar-refractivity contribution in [1.29, 1.82) is 0 Å². The van der Waals surface area contributed by atoms with Crippen LogP contribution in [0.4, 0.5) is 0 Å². The maximum atomic E-state index is 10.6. The summed E-state index contributed by atoms with van der Waals surface area (Å²) in [7, 11) is 0. The van der Waals surface area contributed by atoms with E-state index in [2.05, 4.69) is 6.92 Å². The van der Waals surface area contributed by atoms with Crippen LogP contribution in [0.2, 0.25) is 5.02 Å². The van der Waals surface area contributed by atoms with Gasteiger partial charge in [0.25, 0.3) is 0 Å². The number of aromatic hydroxyl groups is 2. The summed E-state index contributed by atoms with van der Waals surface area (Å²) in [4.78, 5) is 0. The SMILES string of the molecule is CC1CC2CC1c1c2c(O)c2cc(Cl)ccc2c1O. The van der Waals surface area contributed by atoms with Gasteiger partial charge in [0.05, 0.1) is 0 Å². The van der Waals surface area contributed by atoms with Crippen molar-refractivity contribution in [3.8, 4) is 11.5 Å². The summed E-state index contributed by atoms with van der Waals surface area (Å²) in [5, 5.41) is 23.1. The predicted molar refractivity (Wildman–Crippen MR) is 76.2 cm³/mol. The lowest BCUT2D eigenvalue weighted by atomic mass is 9.82. The summed E-state index contributed by atoms with van der Waals surface area (Å²) >= 11 is 6.00. The minimum absolute atomic E-state index is 0.324. The summed E-state index contributed by atoms with van der Waals surface area (Å²) in [6, 6.07) is 5.29. The van der Waals surface area contributed by atoms with Crippen molar-refractivity contribution in [3.05, 3.63) is 34.3 Å². The molecule has 1 fully saturated rings. The van der Waals surface area contributed by atoms with Crippen molar-refractivity contribution in [2.75, 3.05) is 0 Å². The van der Waals surface area contributed by atoms with E-state index in [1.165, 1.54) is 0 Å². The Morgan fingerprint density at radius 3 is 2.58 bits per heavy atom. The number of fused-ring (bicyclic) bond motifs is 6. The molecule has 0 heterocycles. The first-order chi connectivity index (χ1) is 9.08. The second-order valence-electron chi connectivity index (χ2n) is 5.97. The van der Waals surface area contributed by atoms with Gasteiger partial charge in [0.15, 0.2) is 0 Å². The molecule has 0 saturated heterocycles. The Balaban J connectivity index is 2.13. The van der Waals surface area contributed by atoms with E-state index in [1.54, 1.807) is 18.2 Å². The van der Waals surface area contributed by atoms with Crippen LogP contribution in [0.3, 0.4) is 0 Å². The highest BCUT2D eigenvalue weighted by molar-refractivity contribution is 6.31. The largest absolute Gasteiger partial charge is 0.507 e. The number of phenolic OH excluding ortho intramolecular Hbond substituents is 2. The van der Waals surface area contributed by atoms with Crippen LogP contribution >= 0.6 is 11.6 Å². The first-order valence-corrected chi connectivity index (χ1v) is 7.12. The quantitative estimate of drug-likeness (QED) is 0.694. The zero-order valence-electron chi connectivity index (χ0n) is 10.7. The summed E-state index contributed by atoms with van der Waals surface area (Å²) in [6.07, 6.45) is 2.17. The fraction of sp³-hybridized carbons (Fsp3) is 0.375. The number of benzene rings is 2. The summed E-state index contributed by atoms with van der Waals surface area (Å²) in [5.74, 6) is 2.05. The third-order valence-corrected chi connectivity index (χ3v) is 5.19. The molecule has 19 heavy (non-hydrogen) atoms. The van der Waals surface area contributed by atoms with Crippen molar-refractivity contribution in [2.24, 2.45) is 5.92 Å². The third kappa shape index (κ3) is 1.33. The molecular formula is C16H15ClO2. The van der Waals surface area contributed by atoms with E-state index in [0.29, 0.717) is 45.0 Å². The molecule has 3 heteroatoms. The van der Waals surface area contributed by atoms with Crippen LogP contribution in [0.1, 0.15) is 42.7 Å². The molecule has 2 aliphatic rings. The first kappa shape index (κ1) is 11.4. The molecule has 98 valence electrons. The molecular weight excluding hydrogens is 260 g/mol. The van der Waals surface area contributed by atoms with Crippen molar-refractivity contribution >= 4 is 22.4 Å². The molecule has 3 unspecified atom stereocenters. The Morgan fingerprint density at radius 1 is 1.05 bits per heavy atom. The Morgan fingerprint density at radius 2 is 1.79 bits per heavy atom. The average Bonchev–Trinajstić information content (AvgIpc) is 2.92. The number of hydrogen-bond donors (Lipinski definition) is 2. The van der Waals surface area contributed by atoms with Crippen LogP contribution in [0.5, 0.6) is 11.5 Å². The molecule has 2 aromatic rings. The van der Waals surface area contributed by atoms with Crippen molar-refractivity contribution < 1.29 is 10.2 Å². The Kier molecular flexibility index (Phi) is 2.15. The van der Waals surface area contributed by atoms with E-state index < -0.39 is 0 Å². The molecule has 1 saturated carbocycles. The van der Waals surface area contributed by atoms with Gasteiger partial charge >= 0.3 is 0 Å². The van der Waals surface area contributed by atoms with Crippen LogP contribution in [0.15, 0.2) is 18.2 Å². The minimum atomic E-state index is 0.324. The number of hydrogen-bond acceptors (Lipinski definition) is 2. The van der Waals surface area contributed by atoms with E-state index in [9.17, 15) is 10.2 Å². The third-order valence-electron chi connectivity index (χ3n) is 4.95. The molecule has 0 amide bonds. The minimum Gasteiger partial charge on any atom is -0.507 e. The monoisotopic (exact) mass is 274 g/mol. The topological polar surface area (TPSA) is 40.5 Å². The Bertz CT molecular complexity index is 708. The zero-order chi connectivity index (χ0) is 13.3. The summed E-state index contributed by atoms with van der Waals surface area (Å²) in [5.41, 5.74) is 1.95. The number of rotatable bonds is 0. The van der Waals surface area contributed by atoms with Gasteiger partial charge in [0.2, 0.25) is 0 Å². The molecule has 0 aromatic heterocycles. The van der Waals surface area contributed by atoms with Gasteiger partial charge in [0.1, 0.15) is 11.5 Å². The summed E-state index contributed by atoms with van der Waals surface area (Å²) in [6.45, 7) is 2.23. The van der Waals surface area contributed by atoms with Gasteiger partial charge < -0.3 is 10.2 Å². The molecule has 3 atom stereocenters. The molecule has 0 spiro atoms. The lowest BCUT2D eigenvalue weighted by molar-refractivity contribution is 0.431. The molecule has 2 aromatic carbocycles. The van der Waals surface area contributed by atoms with Gasteiger partial charge in [-0.3, -0.25) is 0 Å². The highest BCUT2D eigenvalue weighted by Gasteiger charge is 2.45. The van der Waals surface area contributed by atoms with Gasteiger partial charge in [-0.1, -0.05) is 18.5 Å². The van der Waals surface area contributed by atoms with Crippen LogP contribution in [-0.4, -0.2) is 10.2 Å². The van der Waals surface area contributed by atoms with Gasteiger partial charge in [-0.25, -0.2) is 0 Å². The smallest absolute Gasteiger partial charge is 0.127 e. The fourth-order valence-corrected chi connectivity index (χ4v) is 4.31. The number of phenols is 2. The normalized spacial score (nSPS) is 28.0. The van der Waals surface area contributed by atoms with Crippen molar-refractivity contribution in [1.82, 2.24) is 0 Å². The van der Waals surface area contributed by atoms with E-state index in [-0.39, 0.29) is 0 Å². The second kappa shape index (κ2) is 3.57. The molecule has 2 bridgehead atoms. The van der Waals surface area contributed by atoms with E-state index in [4.69, 9.17) is 11.6 Å². The predicted octanol–water partition coefficient (Wildman–Crippen LogP) is 4.52. The molecule has 2 N–H and O–H groups in total. The Labute approximate surface area is 116 Å². The van der Waals surface area contributed by atoms with Crippen LogP contribution in [-0.2, 0) is 0 Å². The molecule has 0 aliphatic heterocycles. The standard InChI is InChI=1S/C16H15ClO2/c1-7-4-8-5-11(7)14-13(8)16(19)12-6-9(17)2-3-10(12)15(14)18/h2-3,6-8,11,18-19H,4-5H2,1H3. The van der Waals surface area contributed by atoms with E-state index in [1.807, 2.05) is 0 Å². The van der Waals surface area contributed by atoms with Gasteiger partial charge in [-0.2, -0.15) is 0 Å². The molecule has 4 rings (SSSR count). The lowest BCUT2D eigenvalue weighted by Crippen LogP contribution is -2.08. The molecule has 2 nitrogen and oxygen atoms in total. The maximum absolute atomic E-state index is 10.6. The second-order valence-corrected chi connectivity index (χ2v) is 6.40. The fourth-order valence-electron chi connectivity index (χ4n) is 4.14. The lowest BCUT2D eigenvalue weighted by Gasteiger charge is -2.24. The van der Waals surface area contributed by atoms with Gasteiger partial charge in [0, 0.05) is 26.9 Å². The average molecular weight is 275 g/mol. The number of halogens is 1. The molecule has 2 aliphatic carbocycles. The van der Waals surface area contributed by atoms with Crippen LogP contribution < -0.4 is 0 Å². The van der Waals surface area contributed by atoms with Crippen LogP contribution in [0.25, 0.3) is 10.8 Å². The van der Waals surface area contributed by atoms with E-state index >= 15 is 0 Å². The molecule has 0 radical (unpaired) electrons. The Hall–Kier alpha value is -1.41. The first-order valence-electron chi connectivity index (χ1n) is 6.75. The van der Waals surface area contributed by atoms with Crippen molar-refractivity contribution in [2.45, 2.75) is 31.6 Å². The highest BCUT2D eigenvalue weighted by Crippen LogP contribution is 2.62. The maximum Gasteiger partial charge on any atom is 0.127 e. The van der Waals surface area contributed by atoms with Gasteiger partial charge in [-0.15, -0.1) is 0 Å². The van der Waals surface area contributed by atoms with Crippen molar-refractivity contribution in [3.63, 3.8) is 0 Å². The summed E-state index contributed by atoms with van der Waals surface area (Å²) < 4.78 is 0. The van der Waals surface area contributed by atoms with E-state index in [0.717, 1.165) is 24.0 Å². The zero-order valence-corrected chi connectivity index (χ0v) is 11.4. The van der Waals surface area contributed by atoms with Gasteiger partial charge in [-0.05, 0) is 48.8 Å². The van der Waals surface area contributed by atoms with Crippen LogP contribution in [0, 0.1) is 5.92 Å².